The van der Waals surface area contributed by atoms with Crippen LogP contribution in [0.1, 0.15) is 26.7 Å². The molecule has 0 radical (unpaired) electrons. The number of hydrogen-bond donors (Lipinski definition) is 0. The van der Waals surface area contributed by atoms with Gasteiger partial charge in [-0.05, 0) is 13.8 Å². The van der Waals surface area contributed by atoms with Crippen molar-refractivity contribution < 1.29 is 19.1 Å². The molecule has 2 aliphatic rings. The number of carbonyl (C=O) groups is 2. The zero-order valence-corrected chi connectivity index (χ0v) is 13.0. The van der Waals surface area contributed by atoms with Crippen molar-refractivity contribution in [3.05, 3.63) is 0 Å². The standard InChI is InChI=1S/C14H23N3O4/c1-9(2)17-13(18)6-5-10(15-17)14(19)16-7-11(20-3)12(8-16)21-4/h9,11-12H,5-8H2,1-4H3/t11-,12+. The Kier molecular flexibility index (Phi) is 4.95. The Morgan fingerprint density at radius 3 is 2.24 bits per heavy atom. The van der Waals surface area contributed by atoms with E-state index in [0.29, 0.717) is 31.6 Å². The molecule has 7 heteroatoms. The lowest BCUT2D eigenvalue weighted by Gasteiger charge is -2.27. The van der Waals surface area contributed by atoms with Crippen LogP contribution in [0.4, 0.5) is 0 Å². The van der Waals surface area contributed by atoms with E-state index in [1.807, 2.05) is 13.8 Å². The summed E-state index contributed by atoms with van der Waals surface area (Å²) in [5.74, 6) is -0.165. The second kappa shape index (κ2) is 6.53. The maximum Gasteiger partial charge on any atom is 0.270 e. The fourth-order valence-electron chi connectivity index (χ4n) is 2.67. The summed E-state index contributed by atoms with van der Waals surface area (Å²) in [6.45, 7) is 4.74. The molecule has 0 unspecified atom stereocenters. The third kappa shape index (κ3) is 3.24. The molecular weight excluding hydrogens is 274 g/mol. The average molecular weight is 297 g/mol. The molecule has 0 aromatic rings. The fraction of sp³-hybridized carbons (Fsp3) is 0.786. The van der Waals surface area contributed by atoms with E-state index >= 15 is 0 Å². The third-order valence-corrected chi connectivity index (χ3v) is 3.90. The van der Waals surface area contributed by atoms with Crippen molar-refractivity contribution in [2.75, 3.05) is 27.3 Å². The molecule has 1 saturated heterocycles. The van der Waals surface area contributed by atoms with Crippen LogP contribution in [0.25, 0.3) is 0 Å². The lowest BCUT2D eigenvalue weighted by Crippen LogP contribution is -2.43. The SMILES string of the molecule is CO[C@H]1CN(C(=O)C2=NN(C(C)C)C(=O)CC2)C[C@H]1OC. The van der Waals surface area contributed by atoms with Crippen LogP contribution < -0.4 is 0 Å². The zero-order chi connectivity index (χ0) is 15.6. The number of hydrogen-bond acceptors (Lipinski definition) is 5. The van der Waals surface area contributed by atoms with Crippen molar-refractivity contribution in [2.24, 2.45) is 5.10 Å². The summed E-state index contributed by atoms with van der Waals surface area (Å²) in [6, 6.07) is -0.0439. The molecule has 0 saturated carbocycles. The van der Waals surface area contributed by atoms with Crippen LogP contribution in [0.15, 0.2) is 5.10 Å². The maximum absolute atomic E-state index is 12.5. The summed E-state index contributed by atoms with van der Waals surface area (Å²) in [4.78, 5) is 26.0. The molecule has 21 heavy (non-hydrogen) atoms. The molecule has 7 nitrogen and oxygen atoms in total. The van der Waals surface area contributed by atoms with Crippen LogP contribution in [-0.2, 0) is 19.1 Å². The Hall–Kier alpha value is -1.47. The van der Waals surface area contributed by atoms with E-state index in [2.05, 4.69) is 5.10 Å². The number of carbonyl (C=O) groups excluding carboxylic acids is 2. The lowest BCUT2D eigenvalue weighted by molar-refractivity contribution is -0.133. The van der Waals surface area contributed by atoms with E-state index in [-0.39, 0.29) is 30.1 Å². The summed E-state index contributed by atoms with van der Waals surface area (Å²) in [5.41, 5.74) is 0.440. The van der Waals surface area contributed by atoms with E-state index in [9.17, 15) is 9.59 Å². The van der Waals surface area contributed by atoms with Crippen molar-refractivity contribution in [3.8, 4) is 0 Å². The van der Waals surface area contributed by atoms with Crippen LogP contribution in [-0.4, -0.2) is 73.0 Å². The number of rotatable bonds is 4. The van der Waals surface area contributed by atoms with Gasteiger partial charge in [0.15, 0.2) is 0 Å². The van der Waals surface area contributed by atoms with Gasteiger partial charge < -0.3 is 14.4 Å². The van der Waals surface area contributed by atoms with Gasteiger partial charge in [-0.1, -0.05) is 0 Å². The maximum atomic E-state index is 12.5. The first kappa shape index (κ1) is 15.9. The Labute approximate surface area is 124 Å². The fourth-order valence-corrected chi connectivity index (χ4v) is 2.67. The highest BCUT2D eigenvalue weighted by Crippen LogP contribution is 2.19. The summed E-state index contributed by atoms with van der Waals surface area (Å²) in [7, 11) is 3.23. The smallest absolute Gasteiger partial charge is 0.270 e. The summed E-state index contributed by atoms with van der Waals surface area (Å²) < 4.78 is 10.7. The Balaban J connectivity index is 2.10. The minimum Gasteiger partial charge on any atom is -0.377 e. The van der Waals surface area contributed by atoms with E-state index in [0.717, 1.165) is 0 Å². The highest BCUT2D eigenvalue weighted by Gasteiger charge is 2.38. The predicted octanol–water partition coefficient (Wildman–Crippen LogP) is 0.245. The molecule has 0 aromatic heterocycles. The molecule has 1 fully saturated rings. The lowest BCUT2D eigenvalue weighted by atomic mass is 10.1. The van der Waals surface area contributed by atoms with Crippen molar-refractivity contribution >= 4 is 17.5 Å². The quantitative estimate of drug-likeness (QED) is 0.745. The third-order valence-electron chi connectivity index (χ3n) is 3.90. The van der Waals surface area contributed by atoms with Crippen molar-refractivity contribution in [2.45, 2.75) is 44.9 Å². The molecule has 2 amide bonds. The number of ether oxygens (including phenoxy) is 2. The monoisotopic (exact) mass is 297 g/mol. The van der Waals surface area contributed by atoms with Gasteiger partial charge in [-0.15, -0.1) is 0 Å². The molecule has 0 spiro atoms. The Morgan fingerprint density at radius 1 is 1.19 bits per heavy atom. The summed E-state index contributed by atoms with van der Waals surface area (Å²) in [5, 5.41) is 5.63. The molecule has 118 valence electrons. The van der Waals surface area contributed by atoms with Gasteiger partial charge in [0.25, 0.3) is 5.91 Å². The molecule has 0 N–H and O–H groups in total. The normalized spacial score (nSPS) is 26.5. The number of hydrazone groups is 1. The topological polar surface area (TPSA) is 71.4 Å². The van der Waals surface area contributed by atoms with Crippen LogP contribution in [0.3, 0.4) is 0 Å². The first-order valence-electron chi connectivity index (χ1n) is 7.22. The molecule has 0 bridgehead atoms. The summed E-state index contributed by atoms with van der Waals surface area (Å²) in [6.07, 6.45) is 0.488. The number of nitrogens with zero attached hydrogens (tertiary/aromatic N) is 3. The largest absolute Gasteiger partial charge is 0.377 e. The number of methoxy groups -OCH3 is 2. The van der Waals surface area contributed by atoms with Crippen LogP contribution in [0, 0.1) is 0 Å². The van der Waals surface area contributed by atoms with Crippen molar-refractivity contribution in [3.63, 3.8) is 0 Å². The van der Waals surface area contributed by atoms with Gasteiger partial charge >= 0.3 is 0 Å². The Morgan fingerprint density at radius 2 is 1.76 bits per heavy atom. The summed E-state index contributed by atoms with van der Waals surface area (Å²) >= 11 is 0. The Bertz CT molecular complexity index is 438. The van der Waals surface area contributed by atoms with E-state index in [1.165, 1.54) is 5.01 Å². The molecule has 0 aliphatic carbocycles. The van der Waals surface area contributed by atoms with Crippen molar-refractivity contribution in [1.82, 2.24) is 9.91 Å². The van der Waals surface area contributed by atoms with Gasteiger partial charge in [0.2, 0.25) is 5.91 Å². The van der Waals surface area contributed by atoms with Gasteiger partial charge in [-0.2, -0.15) is 5.10 Å². The zero-order valence-electron chi connectivity index (χ0n) is 13.0. The molecular formula is C14H23N3O4. The number of likely N-dealkylation sites (tertiary alicyclic amines) is 1. The predicted molar refractivity (Wildman–Crippen MR) is 76.8 cm³/mol. The van der Waals surface area contributed by atoms with Crippen molar-refractivity contribution in [1.29, 1.82) is 0 Å². The second-order valence-corrected chi connectivity index (χ2v) is 5.64. The van der Waals surface area contributed by atoms with Gasteiger partial charge in [0.05, 0.1) is 0 Å². The number of amides is 2. The van der Waals surface area contributed by atoms with E-state index in [4.69, 9.17) is 9.47 Å². The second-order valence-electron chi connectivity index (χ2n) is 5.64. The molecule has 2 atom stereocenters. The van der Waals surface area contributed by atoms with Gasteiger partial charge in [0.1, 0.15) is 17.9 Å². The van der Waals surface area contributed by atoms with Crippen LogP contribution in [0.5, 0.6) is 0 Å². The van der Waals surface area contributed by atoms with E-state index in [1.54, 1.807) is 19.1 Å². The first-order chi connectivity index (χ1) is 9.97. The minimum atomic E-state index is -0.130. The molecule has 2 heterocycles. The molecule has 0 aromatic carbocycles. The minimum absolute atomic E-state index is 0.0347. The van der Waals surface area contributed by atoms with Crippen LogP contribution in [0.2, 0.25) is 0 Å². The highest BCUT2D eigenvalue weighted by atomic mass is 16.5. The van der Waals surface area contributed by atoms with E-state index < -0.39 is 0 Å². The van der Waals surface area contributed by atoms with Gasteiger partial charge in [-0.25, -0.2) is 5.01 Å². The molecule has 2 rings (SSSR count). The first-order valence-corrected chi connectivity index (χ1v) is 7.22. The average Bonchev–Trinajstić information content (AvgIpc) is 2.90. The van der Waals surface area contributed by atoms with Gasteiger partial charge in [-0.3, -0.25) is 9.59 Å². The molecule has 2 aliphatic heterocycles. The highest BCUT2D eigenvalue weighted by molar-refractivity contribution is 6.39. The van der Waals surface area contributed by atoms with Crippen LogP contribution >= 0.6 is 0 Å². The van der Waals surface area contributed by atoms with Gasteiger partial charge in [0, 0.05) is 46.2 Å².